The molecule has 0 atom stereocenters. The van der Waals surface area contributed by atoms with Crippen molar-refractivity contribution in [2.24, 2.45) is 0 Å². The summed E-state index contributed by atoms with van der Waals surface area (Å²) in [5.41, 5.74) is 1.43. The number of hydrogen-bond acceptors (Lipinski definition) is 7. The largest absolute Gasteiger partial charge is 0.493 e. The Balaban J connectivity index is 2.31. The molecule has 0 saturated heterocycles. The van der Waals surface area contributed by atoms with Crippen LogP contribution in [-0.4, -0.2) is 42.3 Å². The van der Waals surface area contributed by atoms with E-state index in [1.807, 2.05) is 12.1 Å². The smallest absolute Gasteiger partial charge is 0.264 e. The maximum Gasteiger partial charge on any atom is 0.264 e. The maximum atomic E-state index is 11.1. The van der Waals surface area contributed by atoms with Crippen LogP contribution in [0.4, 0.5) is 0 Å². The summed E-state index contributed by atoms with van der Waals surface area (Å²) in [7, 11) is -0.393. The Morgan fingerprint density at radius 3 is 2.65 bits per heavy atom. The Morgan fingerprint density at radius 2 is 2.00 bits per heavy atom. The fourth-order valence-electron chi connectivity index (χ4n) is 2.26. The Bertz CT molecular complexity index is 749. The highest BCUT2D eigenvalue weighted by molar-refractivity contribution is 7.85. The molecule has 0 unspecified atom stereocenters. The molecule has 0 aliphatic carbocycles. The second-order valence-corrected chi connectivity index (χ2v) is 6.52. The lowest BCUT2D eigenvalue weighted by Crippen LogP contribution is -2.07. The van der Waals surface area contributed by atoms with Crippen LogP contribution in [0.3, 0.4) is 0 Å². The van der Waals surface area contributed by atoms with Crippen molar-refractivity contribution in [1.29, 1.82) is 0 Å². The van der Waals surface area contributed by atoms with Crippen LogP contribution in [0.2, 0.25) is 0 Å². The van der Waals surface area contributed by atoms with Gasteiger partial charge in [0.2, 0.25) is 0 Å². The lowest BCUT2D eigenvalue weighted by atomic mass is 10.1. The Hall–Kier alpha value is -1.61. The van der Waals surface area contributed by atoms with Gasteiger partial charge >= 0.3 is 0 Å². The van der Waals surface area contributed by atoms with E-state index in [0.29, 0.717) is 23.5 Å². The molecule has 0 N–H and O–H groups in total. The molecule has 0 aliphatic heterocycles. The highest BCUT2D eigenvalue weighted by atomic mass is 32.2. The van der Waals surface area contributed by atoms with Crippen molar-refractivity contribution < 1.29 is 31.2 Å². The van der Waals surface area contributed by atoms with Crippen molar-refractivity contribution in [3.8, 4) is 5.75 Å². The fraction of sp³-hybridized carbons (Fsp3) is 0.467. The zero-order valence-corrected chi connectivity index (χ0v) is 14.1. The first kappa shape index (κ1) is 17.7. The molecule has 1 heterocycles. The zero-order valence-electron chi connectivity index (χ0n) is 13.3. The number of fused-ring (bicyclic) bond motifs is 1. The third-order valence-corrected chi connectivity index (χ3v) is 3.76. The van der Waals surface area contributed by atoms with E-state index in [-0.39, 0.29) is 20.0 Å². The number of hydrogen-bond donors (Lipinski definition) is 0. The predicted octanol–water partition coefficient (Wildman–Crippen LogP) is 2.08. The van der Waals surface area contributed by atoms with Crippen molar-refractivity contribution >= 4 is 21.1 Å². The van der Waals surface area contributed by atoms with E-state index in [1.165, 1.54) is 7.11 Å². The van der Waals surface area contributed by atoms with Gasteiger partial charge in [-0.2, -0.15) is 8.42 Å². The summed E-state index contributed by atoms with van der Waals surface area (Å²) in [5, 5.41) is 0.845. The van der Waals surface area contributed by atoms with Crippen LogP contribution in [0.5, 0.6) is 5.75 Å². The quantitative estimate of drug-likeness (QED) is 0.391. The van der Waals surface area contributed by atoms with Gasteiger partial charge in [-0.15, -0.1) is 0 Å². The number of furan rings is 1. The van der Waals surface area contributed by atoms with E-state index in [4.69, 9.17) is 22.8 Å². The molecule has 0 radical (unpaired) electrons. The minimum absolute atomic E-state index is 0.0297. The van der Waals surface area contributed by atoms with Gasteiger partial charge in [-0.1, -0.05) is 12.1 Å². The Labute approximate surface area is 135 Å². The molecule has 0 bridgehead atoms. The second kappa shape index (κ2) is 7.78. The summed E-state index contributed by atoms with van der Waals surface area (Å²) in [5.74, 6) is 1.20. The normalized spacial score (nSPS) is 12.0. The molecule has 1 aromatic heterocycles. The number of methoxy groups -OCH3 is 2. The van der Waals surface area contributed by atoms with E-state index < -0.39 is 10.1 Å². The first-order valence-electron chi connectivity index (χ1n) is 6.94. The van der Waals surface area contributed by atoms with E-state index in [0.717, 1.165) is 17.2 Å². The molecule has 2 aromatic rings. The van der Waals surface area contributed by atoms with Crippen molar-refractivity contribution in [1.82, 2.24) is 0 Å². The first-order valence-corrected chi connectivity index (χ1v) is 8.76. The minimum atomic E-state index is -3.48. The Kier molecular flexibility index (Phi) is 6.00. The van der Waals surface area contributed by atoms with Crippen LogP contribution in [-0.2, 0) is 36.8 Å². The molecule has 0 amide bonds. The molecular formula is C15H20O7S. The predicted molar refractivity (Wildman–Crippen MR) is 83.9 cm³/mol. The average Bonchev–Trinajstić information content (AvgIpc) is 2.84. The van der Waals surface area contributed by atoms with E-state index in [1.54, 1.807) is 13.2 Å². The van der Waals surface area contributed by atoms with Crippen LogP contribution in [0.25, 0.3) is 11.0 Å². The minimum Gasteiger partial charge on any atom is -0.493 e. The van der Waals surface area contributed by atoms with E-state index in [9.17, 15) is 8.42 Å². The van der Waals surface area contributed by atoms with Crippen molar-refractivity contribution in [2.45, 2.75) is 13.0 Å². The van der Waals surface area contributed by atoms with Crippen LogP contribution in [0, 0.1) is 0 Å². The van der Waals surface area contributed by atoms with Crippen LogP contribution in [0.15, 0.2) is 22.6 Å². The topological polar surface area (TPSA) is 84.2 Å². The number of rotatable bonds is 9. The van der Waals surface area contributed by atoms with Gasteiger partial charge < -0.3 is 18.6 Å². The van der Waals surface area contributed by atoms with E-state index in [2.05, 4.69) is 0 Å². The summed E-state index contributed by atoms with van der Waals surface area (Å²) < 4.78 is 48.4. The lowest BCUT2D eigenvalue weighted by Gasteiger charge is -2.04. The second-order valence-electron chi connectivity index (χ2n) is 4.87. The molecule has 23 heavy (non-hydrogen) atoms. The monoisotopic (exact) mass is 344 g/mol. The highest BCUT2D eigenvalue weighted by Crippen LogP contribution is 2.33. The van der Waals surface area contributed by atoms with Gasteiger partial charge in [0, 0.05) is 24.5 Å². The third-order valence-electron chi connectivity index (χ3n) is 3.17. The molecule has 8 heteroatoms. The molecular weight excluding hydrogens is 324 g/mol. The van der Waals surface area contributed by atoms with Gasteiger partial charge in [0.05, 0.1) is 20.0 Å². The molecule has 1 aromatic carbocycles. The fourth-order valence-corrected chi connectivity index (χ4v) is 2.64. The van der Waals surface area contributed by atoms with Crippen LogP contribution >= 0.6 is 0 Å². The van der Waals surface area contributed by atoms with Crippen molar-refractivity contribution in [2.75, 3.05) is 33.9 Å². The van der Waals surface area contributed by atoms with Gasteiger partial charge in [-0.3, -0.25) is 4.18 Å². The molecule has 0 fully saturated rings. The van der Waals surface area contributed by atoms with Gasteiger partial charge in [0.15, 0.2) is 11.3 Å². The summed E-state index contributed by atoms with van der Waals surface area (Å²) in [6.07, 6.45) is 1.39. The summed E-state index contributed by atoms with van der Waals surface area (Å²) in [4.78, 5) is 0. The van der Waals surface area contributed by atoms with Gasteiger partial charge in [0.25, 0.3) is 10.1 Å². The molecule has 0 spiro atoms. The first-order chi connectivity index (χ1) is 11.0. The zero-order chi connectivity index (χ0) is 16.9. The SMILES string of the molecule is COCOCc1oc2c(OC)cccc2c1CCOS(C)(=O)=O. The summed E-state index contributed by atoms with van der Waals surface area (Å²) in [6, 6.07) is 5.52. The average molecular weight is 344 g/mol. The maximum absolute atomic E-state index is 11.1. The summed E-state index contributed by atoms with van der Waals surface area (Å²) in [6.45, 7) is 0.370. The highest BCUT2D eigenvalue weighted by Gasteiger charge is 2.17. The molecule has 128 valence electrons. The van der Waals surface area contributed by atoms with Gasteiger partial charge in [-0.25, -0.2) is 0 Å². The number of ether oxygens (including phenoxy) is 3. The molecule has 0 saturated carbocycles. The van der Waals surface area contributed by atoms with E-state index >= 15 is 0 Å². The van der Waals surface area contributed by atoms with Crippen molar-refractivity contribution in [3.63, 3.8) is 0 Å². The van der Waals surface area contributed by atoms with Crippen LogP contribution in [0.1, 0.15) is 11.3 Å². The Morgan fingerprint density at radius 1 is 1.22 bits per heavy atom. The number of benzene rings is 1. The molecule has 0 aliphatic rings. The van der Waals surface area contributed by atoms with Crippen LogP contribution < -0.4 is 4.74 Å². The lowest BCUT2D eigenvalue weighted by molar-refractivity contribution is -0.0440. The van der Waals surface area contributed by atoms with Gasteiger partial charge in [-0.05, 0) is 6.07 Å². The third kappa shape index (κ3) is 4.68. The number of para-hydroxylation sites is 1. The standard InChI is InChI=1S/C15H20O7S/c1-18-10-20-9-14-11(7-8-21-23(3,16)17)12-5-4-6-13(19-2)15(12)22-14/h4-6H,7-10H2,1-3H3. The molecule has 2 rings (SSSR count). The van der Waals surface area contributed by atoms with Gasteiger partial charge in [0.1, 0.15) is 19.2 Å². The summed E-state index contributed by atoms with van der Waals surface area (Å²) >= 11 is 0. The molecule has 7 nitrogen and oxygen atoms in total. The van der Waals surface area contributed by atoms with Crippen molar-refractivity contribution in [3.05, 3.63) is 29.5 Å².